The summed E-state index contributed by atoms with van der Waals surface area (Å²) in [5.74, 6) is 0. The summed E-state index contributed by atoms with van der Waals surface area (Å²) in [4.78, 5) is 9.70. The highest BCUT2D eigenvalue weighted by Gasteiger charge is 1.93. The van der Waals surface area contributed by atoms with E-state index in [9.17, 15) is 0 Å². The van der Waals surface area contributed by atoms with Crippen LogP contribution in [0.1, 0.15) is 44.9 Å². The Kier molecular flexibility index (Phi) is 7.83. The predicted molar refractivity (Wildman–Crippen MR) is 58.2 cm³/mol. The van der Waals surface area contributed by atoms with Crippen molar-refractivity contribution >= 4 is 0 Å². The molecule has 0 amide bonds. The van der Waals surface area contributed by atoms with E-state index in [4.69, 9.17) is 9.78 Å². The summed E-state index contributed by atoms with van der Waals surface area (Å²) in [6, 6.07) is 0. The van der Waals surface area contributed by atoms with E-state index < -0.39 is 0 Å². The van der Waals surface area contributed by atoms with Crippen LogP contribution in [0, 0.1) is 0 Å². The first-order chi connectivity index (χ1) is 7.50. The lowest BCUT2D eigenvalue weighted by Gasteiger charge is -2.01. The first-order valence-corrected chi connectivity index (χ1v) is 5.80. The Morgan fingerprint density at radius 2 is 1.60 bits per heavy atom. The van der Waals surface area contributed by atoms with E-state index in [1.165, 1.54) is 44.6 Å². The summed E-state index contributed by atoms with van der Waals surface area (Å²) in [7, 11) is 0. The van der Waals surface area contributed by atoms with Gasteiger partial charge < -0.3 is 4.89 Å². The third kappa shape index (κ3) is 8.12. The maximum atomic E-state index is 4.92. The van der Waals surface area contributed by atoms with Crippen LogP contribution in [-0.4, -0.2) is 13.2 Å². The average molecular weight is 212 g/mol. The van der Waals surface area contributed by atoms with Crippen molar-refractivity contribution in [2.24, 2.45) is 10.2 Å². The molecule has 0 aliphatic carbocycles. The number of nitrogens with zero attached hydrogens (tertiary/aromatic N) is 2. The number of hydrogen-bond acceptors (Lipinski definition) is 4. The molecular formula is C11H20N2O2. The van der Waals surface area contributed by atoms with Crippen LogP contribution in [0.5, 0.6) is 0 Å². The smallest absolute Gasteiger partial charge is 0.149 e. The van der Waals surface area contributed by atoms with Crippen molar-refractivity contribution in [1.82, 2.24) is 0 Å². The second kappa shape index (κ2) is 9.65. The molecule has 0 aromatic heterocycles. The zero-order chi connectivity index (χ0) is 10.6. The van der Waals surface area contributed by atoms with Crippen LogP contribution in [0.4, 0.5) is 0 Å². The third-order valence-corrected chi connectivity index (χ3v) is 2.32. The minimum absolute atomic E-state index is 0.654. The highest BCUT2D eigenvalue weighted by molar-refractivity contribution is 4.66. The maximum absolute atomic E-state index is 4.92. The van der Waals surface area contributed by atoms with Gasteiger partial charge in [0, 0.05) is 0 Å². The third-order valence-electron chi connectivity index (χ3n) is 2.32. The van der Waals surface area contributed by atoms with Gasteiger partial charge in [0.1, 0.15) is 6.26 Å². The largest absolute Gasteiger partial charge is 0.344 e. The Morgan fingerprint density at radius 1 is 0.867 bits per heavy atom. The molecule has 4 nitrogen and oxygen atoms in total. The fourth-order valence-electron chi connectivity index (χ4n) is 1.47. The van der Waals surface area contributed by atoms with E-state index in [1.807, 2.05) is 0 Å². The first kappa shape index (κ1) is 12.2. The molecule has 0 unspecified atom stereocenters. The van der Waals surface area contributed by atoms with Crippen molar-refractivity contribution in [2.75, 3.05) is 13.2 Å². The van der Waals surface area contributed by atoms with E-state index in [2.05, 4.69) is 10.2 Å². The predicted octanol–water partition coefficient (Wildman–Crippen LogP) is 3.60. The van der Waals surface area contributed by atoms with Gasteiger partial charge in [0.15, 0.2) is 0 Å². The van der Waals surface area contributed by atoms with Gasteiger partial charge in [-0.2, -0.15) is 15.1 Å². The summed E-state index contributed by atoms with van der Waals surface area (Å²) in [5, 5.41) is 7.81. The molecule has 15 heavy (non-hydrogen) atoms. The van der Waals surface area contributed by atoms with E-state index >= 15 is 0 Å². The minimum atomic E-state index is 0.654. The second-order valence-electron chi connectivity index (χ2n) is 3.66. The molecule has 0 aromatic rings. The molecule has 1 aliphatic heterocycles. The lowest BCUT2D eigenvalue weighted by atomic mass is 10.1. The second-order valence-corrected chi connectivity index (χ2v) is 3.66. The van der Waals surface area contributed by atoms with Crippen molar-refractivity contribution in [3.8, 4) is 0 Å². The molecule has 1 heterocycles. The first-order valence-electron chi connectivity index (χ1n) is 5.80. The van der Waals surface area contributed by atoms with E-state index in [0.717, 1.165) is 19.4 Å². The van der Waals surface area contributed by atoms with Crippen molar-refractivity contribution in [1.29, 1.82) is 0 Å². The fraction of sp³-hybridized carbons (Fsp3) is 0.818. The monoisotopic (exact) mass is 212 g/mol. The Morgan fingerprint density at radius 3 is 2.47 bits per heavy atom. The van der Waals surface area contributed by atoms with E-state index in [0.29, 0.717) is 6.61 Å². The van der Waals surface area contributed by atoms with Crippen LogP contribution in [-0.2, 0) is 9.78 Å². The van der Waals surface area contributed by atoms with Crippen LogP contribution in [0.3, 0.4) is 0 Å². The SMILES string of the molecule is C1=C\OOCCCCCCCCCN=N/1. The summed E-state index contributed by atoms with van der Waals surface area (Å²) < 4.78 is 0. The van der Waals surface area contributed by atoms with Gasteiger partial charge in [0.25, 0.3) is 0 Å². The van der Waals surface area contributed by atoms with Gasteiger partial charge >= 0.3 is 0 Å². The molecule has 0 saturated heterocycles. The molecule has 1 rings (SSSR count). The van der Waals surface area contributed by atoms with Crippen molar-refractivity contribution in [3.05, 3.63) is 12.5 Å². The molecule has 0 bridgehead atoms. The zero-order valence-electron chi connectivity index (χ0n) is 9.23. The molecular weight excluding hydrogens is 192 g/mol. The molecule has 0 spiro atoms. The Bertz CT molecular complexity index is 173. The van der Waals surface area contributed by atoms with Crippen molar-refractivity contribution in [2.45, 2.75) is 44.9 Å². The van der Waals surface area contributed by atoms with Crippen LogP contribution < -0.4 is 0 Å². The Labute approximate surface area is 91.3 Å². The van der Waals surface area contributed by atoms with Gasteiger partial charge in [0.05, 0.1) is 19.4 Å². The van der Waals surface area contributed by atoms with Crippen LogP contribution in [0.2, 0.25) is 0 Å². The van der Waals surface area contributed by atoms with Gasteiger partial charge in [-0.3, -0.25) is 0 Å². The van der Waals surface area contributed by atoms with E-state index in [-0.39, 0.29) is 0 Å². The number of hydrogen-bond donors (Lipinski definition) is 0. The van der Waals surface area contributed by atoms with Gasteiger partial charge in [-0.05, 0) is 12.8 Å². The average Bonchev–Trinajstić information content (AvgIpc) is 2.27. The molecule has 0 saturated carbocycles. The lowest BCUT2D eigenvalue weighted by Crippen LogP contribution is -1.92. The zero-order valence-corrected chi connectivity index (χ0v) is 9.23. The highest BCUT2D eigenvalue weighted by atomic mass is 17.2. The summed E-state index contributed by atoms with van der Waals surface area (Å²) in [6.07, 6.45) is 11.5. The molecule has 4 heteroatoms. The molecule has 0 aromatic carbocycles. The lowest BCUT2D eigenvalue weighted by molar-refractivity contribution is -0.249. The summed E-state index contributed by atoms with van der Waals surface area (Å²) in [5.41, 5.74) is 0. The number of rotatable bonds is 0. The Balaban J connectivity index is 2.16. The fourth-order valence-corrected chi connectivity index (χ4v) is 1.47. The van der Waals surface area contributed by atoms with E-state index in [1.54, 1.807) is 0 Å². The number of azo groups is 1. The van der Waals surface area contributed by atoms with Crippen molar-refractivity contribution < 1.29 is 9.78 Å². The van der Waals surface area contributed by atoms with Gasteiger partial charge in [-0.1, -0.05) is 32.1 Å². The molecule has 0 atom stereocenters. The molecule has 0 N–H and O–H groups in total. The normalized spacial score (nSPS) is 23.5. The molecule has 0 radical (unpaired) electrons. The molecule has 86 valence electrons. The van der Waals surface area contributed by atoms with Gasteiger partial charge in [0.2, 0.25) is 0 Å². The topological polar surface area (TPSA) is 43.2 Å². The molecule has 0 fully saturated rings. The standard InChI is InChI=1S/C11H20N2O2/c1-2-4-6-8-12-13-9-11-15-14-10-7-5-3-1/h9,11H,1-8,10H2/b11-9-,13-12?. The summed E-state index contributed by atoms with van der Waals surface area (Å²) >= 11 is 0. The summed E-state index contributed by atoms with van der Waals surface area (Å²) in [6.45, 7) is 1.46. The van der Waals surface area contributed by atoms with Crippen molar-refractivity contribution in [3.63, 3.8) is 0 Å². The highest BCUT2D eigenvalue weighted by Crippen LogP contribution is 2.07. The quantitative estimate of drug-likeness (QED) is 0.576. The minimum Gasteiger partial charge on any atom is -0.344 e. The van der Waals surface area contributed by atoms with Crippen LogP contribution in [0.15, 0.2) is 22.7 Å². The van der Waals surface area contributed by atoms with Gasteiger partial charge in [-0.25, -0.2) is 0 Å². The van der Waals surface area contributed by atoms with Crippen LogP contribution in [0.25, 0.3) is 0 Å². The molecule has 1 aliphatic rings. The van der Waals surface area contributed by atoms with Crippen LogP contribution >= 0.6 is 0 Å². The Hall–Kier alpha value is -0.900. The maximum Gasteiger partial charge on any atom is 0.149 e. The van der Waals surface area contributed by atoms with Gasteiger partial charge in [-0.15, -0.1) is 0 Å².